The van der Waals surface area contributed by atoms with E-state index >= 15 is 0 Å². The molecule has 1 aromatic heterocycles. The molecule has 1 saturated heterocycles. The van der Waals surface area contributed by atoms with Gasteiger partial charge in [-0.15, -0.1) is 10.2 Å². The second kappa shape index (κ2) is 7.19. The largest absolute Gasteiger partial charge is 0.493 e. The first-order valence-corrected chi connectivity index (χ1v) is 9.50. The van der Waals surface area contributed by atoms with Crippen LogP contribution in [0.2, 0.25) is 0 Å². The van der Waals surface area contributed by atoms with E-state index in [0.29, 0.717) is 18.2 Å². The summed E-state index contributed by atoms with van der Waals surface area (Å²) in [5.41, 5.74) is 1.04. The summed E-state index contributed by atoms with van der Waals surface area (Å²) in [5.74, 6) is 0.188. The Hall–Kier alpha value is -3.43. The number of nitrogens with one attached hydrogen (secondary N) is 2. The third-order valence-electron chi connectivity index (χ3n) is 5.19. The van der Waals surface area contributed by atoms with E-state index in [4.69, 9.17) is 0 Å². The number of para-hydroxylation sites is 1. The summed E-state index contributed by atoms with van der Waals surface area (Å²) in [5, 5.41) is 21.8. The minimum Gasteiger partial charge on any atom is -0.493 e. The number of aromatic amines is 1. The fourth-order valence-electron chi connectivity index (χ4n) is 3.54. The summed E-state index contributed by atoms with van der Waals surface area (Å²) in [6.45, 7) is 4.73. The van der Waals surface area contributed by atoms with Gasteiger partial charge in [-0.25, -0.2) is 9.79 Å². The van der Waals surface area contributed by atoms with E-state index in [1.54, 1.807) is 11.9 Å². The number of aliphatic imine (C=N–C) groups is 1. The number of nitrogens with zero attached hydrogens (tertiary/aromatic N) is 5. The Bertz CT molecular complexity index is 1030. The predicted octanol–water partition coefficient (Wildman–Crippen LogP) is 2.55. The van der Waals surface area contributed by atoms with Crippen LogP contribution in [0.1, 0.15) is 20.3 Å². The number of azo groups is 1. The van der Waals surface area contributed by atoms with Gasteiger partial charge >= 0.3 is 6.03 Å². The standard InChI is InChI=1S/C19H23N7O3/c1-10(2)8-9-26-14-15(25(3)19(29)22-17(14)28)21-18(26)24-23-13-11-6-4-5-7-12(11)20-16(13)27/h4-7,10,14-15,20,27H,8-9H2,1-3H3,(H,22,28,29). The highest BCUT2D eigenvalue weighted by Gasteiger charge is 2.48. The van der Waals surface area contributed by atoms with E-state index in [2.05, 4.69) is 39.4 Å². The number of hydrogen-bond acceptors (Lipinski definition) is 7. The summed E-state index contributed by atoms with van der Waals surface area (Å²) in [6.07, 6.45) is 0.162. The molecule has 2 unspecified atom stereocenters. The number of benzene rings is 1. The lowest BCUT2D eigenvalue weighted by Crippen LogP contribution is -2.63. The van der Waals surface area contributed by atoms with Crippen LogP contribution in [0.4, 0.5) is 10.5 Å². The summed E-state index contributed by atoms with van der Waals surface area (Å²) < 4.78 is 0. The molecule has 2 atom stereocenters. The molecule has 0 aliphatic carbocycles. The summed E-state index contributed by atoms with van der Waals surface area (Å²) >= 11 is 0. The molecule has 3 amide bonds. The Kier molecular flexibility index (Phi) is 4.69. The Morgan fingerprint density at radius 2 is 2.00 bits per heavy atom. The van der Waals surface area contributed by atoms with Crippen molar-refractivity contribution in [1.82, 2.24) is 20.1 Å². The van der Waals surface area contributed by atoms with Gasteiger partial charge in [0.1, 0.15) is 0 Å². The molecule has 0 spiro atoms. The van der Waals surface area contributed by atoms with Crippen LogP contribution in [0, 0.1) is 5.92 Å². The summed E-state index contributed by atoms with van der Waals surface area (Å²) in [4.78, 5) is 35.0. The molecule has 29 heavy (non-hydrogen) atoms. The van der Waals surface area contributed by atoms with Crippen molar-refractivity contribution < 1.29 is 14.7 Å². The zero-order valence-corrected chi connectivity index (χ0v) is 16.5. The molecule has 2 aliphatic rings. The number of rotatable bonds is 4. The third kappa shape index (κ3) is 3.30. The van der Waals surface area contributed by atoms with Crippen LogP contribution in [0.15, 0.2) is 39.5 Å². The van der Waals surface area contributed by atoms with E-state index in [1.807, 2.05) is 24.3 Å². The summed E-state index contributed by atoms with van der Waals surface area (Å²) in [7, 11) is 1.59. The van der Waals surface area contributed by atoms with Gasteiger partial charge in [-0.05, 0) is 18.4 Å². The second-order valence-corrected chi connectivity index (χ2v) is 7.64. The lowest BCUT2D eigenvalue weighted by atomic mass is 10.1. The second-order valence-electron chi connectivity index (χ2n) is 7.64. The normalized spacial score (nSPS) is 22.0. The van der Waals surface area contributed by atoms with Crippen LogP contribution in [0.25, 0.3) is 10.9 Å². The molecule has 3 N–H and O–H groups in total. The fourth-order valence-corrected chi connectivity index (χ4v) is 3.54. The predicted molar refractivity (Wildman–Crippen MR) is 107 cm³/mol. The first kappa shape index (κ1) is 18.9. The molecule has 152 valence electrons. The molecule has 10 nitrogen and oxygen atoms in total. The summed E-state index contributed by atoms with van der Waals surface area (Å²) in [6, 6.07) is 6.21. The van der Waals surface area contributed by atoms with Crippen LogP contribution in [0.3, 0.4) is 0 Å². The smallest absolute Gasteiger partial charge is 0.325 e. The number of hydrogen-bond donors (Lipinski definition) is 3. The number of fused-ring (bicyclic) bond motifs is 2. The molecular formula is C19H23N7O3. The highest BCUT2D eigenvalue weighted by molar-refractivity contribution is 6.04. The quantitative estimate of drug-likeness (QED) is 0.685. The number of carbonyl (C=O) groups excluding carboxylic acids is 2. The first-order valence-electron chi connectivity index (χ1n) is 9.50. The van der Waals surface area contributed by atoms with Gasteiger partial charge in [0, 0.05) is 19.0 Å². The van der Waals surface area contributed by atoms with Crippen molar-refractivity contribution in [2.45, 2.75) is 32.5 Å². The topological polar surface area (TPSA) is 126 Å². The SMILES string of the molecule is CC(C)CCN1C(N=Nc2c(O)[nH]c3ccccc23)=NC2C1C(=O)NC(=O)N2C. The number of amides is 3. The average Bonchev–Trinajstić information content (AvgIpc) is 3.20. The van der Waals surface area contributed by atoms with Crippen molar-refractivity contribution in [3.63, 3.8) is 0 Å². The molecule has 1 aromatic carbocycles. The molecular weight excluding hydrogens is 374 g/mol. The number of H-pyrrole nitrogens is 1. The van der Waals surface area contributed by atoms with E-state index in [1.165, 1.54) is 4.90 Å². The molecule has 2 aliphatic heterocycles. The van der Waals surface area contributed by atoms with Crippen molar-refractivity contribution in [3.8, 4) is 5.88 Å². The molecule has 0 radical (unpaired) electrons. The van der Waals surface area contributed by atoms with Crippen LogP contribution < -0.4 is 5.32 Å². The Morgan fingerprint density at radius 1 is 1.24 bits per heavy atom. The van der Waals surface area contributed by atoms with E-state index in [9.17, 15) is 14.7 Å². The minimum absolute atomic E-state index is 0.0928. The first-order chi connectivity index (χ1) is 13.9. The van der Waals surface area contributed by atoms with E-state index in [0.717, 1.165) is 17.3 Å². The van der Waals surface area contributed by atoms with Gasteiger partial charge < -0.3 is 19.9 Å². The highest BCUT2D eigenvalue weighted by atomic mass is 16.3. The van der Waals surface area contributed by atoms with E-state index < -0.39 is 24.1 Å². The minimum atomic E-state index is -0.658. The van der Waals surface area contributed by atoms with Gasteiger partial charge in [0.05, 0.1) is 5.52 Å². The fraction of sp³-hybridized carbons (Fsp3) is 0.421. The van der Waals surface area contributed by atoms with Crippen LogP contribution >= 0.6 is 0 Å². The molecule has 0 saturated carbocycles. The van der Waals surface area contributed by atoms with Gasteiger partial charge in [-0.2, -0.15) is 0 Å². The van der Waals surface area contributed by atoms with E-state index in [-0.39, 0.29) is 11.8 Å². The number of aromatic nitrogens is 1. The van der Waals surface area contributed by atoms with Gasteiger partial charge in [-0.3, -0.25) is 10.1 Å². The molecule has 10 heteroatoms. The number of urea groups is 1. The van der Waals surface area contributed by atoms with Crippen LogP contribution in [0.5, 0.6) is 5.88 Å². The van der Waals surface area contributed by atoms with Crippen LogP contribution in [-0.2, 0) is 4.79 Å². The number of carbonyl (C=O) groups is 2. The number of guanidine groups is 1. The maximum absolute atomic E-state index is 12.5. The van der Waals surface area contributed by atoms with Crippen molar-refractivity contribution in [2.75, 3.05) is 13.6 Å². The van der Waals surface area contributed by atoms with Gasteiger partial charge in [0.25, 0.3) is 5.91 Å². The molecule has 0 bridgehead atoms. The molecule has 3 heterocycles. The zero-order valence-electron chi connectivity index (χ0n) is 16.5. The Balaban J connectivity index is 1.69. The Morgan fingerprint density at radius 3 is 2.76 bits per heavy atom. The molecule has 1 fully saturated rings. The maximum Gasteiger partial charge on any atom is 0.325 e. The number of likely N-dealkylation sites (N-methyl/N-ethyl adjacent to an activating group) is 1. The van der Waals surface area contributed by atoms with Gasteiger partial charge in [-0.1, -0.05) is 32.0 Å². The number of imide groups is 1. The van der Waals surface area contributed by atoms with Gasteiger partial charge in [0.15, 0.2) is 17.9 Å². The van der Waals surface area contributed by atoms with Gasteiger partial charge in [0.2, 0.25) is 11.8 Å². The lowest BCUT2D eigenvalue weighted by Gasteiger charge is -2.35. The maximum atomic E-state index is 12.5. The van der Waals surface area contributed by atoms with Crippen molar-refractivity contribution in [2.24, 2.45) is 21.1 Å². The number of aromatic hydroxyl groups is 1. The average molecular weight is 397 g/mol. The zero-order chi connectivity index (χ0) is 20.7. The monoisotopic (exact) mass is 397 g/mol. The van der Waals surface area contributed by atoms with Crippen molar-refractivity contribution in [3.05, 3.63) is 24.3 Å². The third-order valence-corrected chi connectivity index (χ3v) is 5.19. The lowest BCUT2D eigenvalue weighted by molar-refractivity contribution is -0.127. The van der Waals surface area contributed by atoms with Crippen molar-refractivity contribution in [1.29, 1.82) is 0 Å². The van der Waals surface area contributed by atoms with Crippen LogP contribution in [-0.4, -0.2) is 63.6 Å². The molecule has 2 aromatic rings. The Labute approximate surface area is 167 Å². The van der Waals surface area contributed by atoms with Crippen molar-refractivity contribution >= 4 is 34.5 Å². The highest BCUT2D eigenvalue weighted by Crippen LogP contribution is 2.35. The molecule has 4 rings (SSSR count).